The molecule has 2 rings (SSSR count). The Bertz CT molecular complexity index is 510. The van der Waals surface area contributed by atoms with Crippen molar-refractivity contribution in [3.8, 4) is 17.1 Å². The molecule has 1 unspecified atom stereocenters. The molecule has 2 aromatic rings. The largest absolute Gasteiger partial charge is 0.508 e. The summed E-state index contributed by atoms with van der Waals surface area (Å²) in [6.07, 6.45) is 1.66. The molecule has 0 fully saturated rings. The quantitative estimate of drug-likeness (QED) is 0.843. The van der Waals surface area contributed by atoms with Gasteiger partial charge in [-0.1, -0.05) is 24.2 Å². The number of hydrogen-bond acceptors (Lipinski definition) is 5. The fraction of sp³-hybridized carbons (Fsp3) is 0.385. The molecule has 1 atom stereocenters. The Morgan fingerprint density at radius 1 is 1.44 bits per heavy atom. The number of phenols is 1. The number of nitrogens with two attached hydrogens (primary N) is 1. The number of rotatable bonds is 5. The van der Waals surface area contributed by atoms with E-state index < -0.39 is 0 Å². The van der Waals surface area contributed by atoms with Gasteiger partial charge in [0.15, 0.2) is 0 Å². The average molecular weight is 247 g/mol. The molecular weight excluding hydrogens is 230 g/mol. The predicted molar refractivity (Wildman–Crippen MR) is 67.9 cm³/mol. The smallest absolute Gasteiger partial charge is 0.226 e. The number of phenolic OH excluding ortho intramolecular Hbond substituents is 1. The zero-order valence-corrected chi connectivity index (χ0v) is 10.3. The van der Waals surface area contributed by atoms with Crippen LogP contribution in [0.5, 0.6) is 5.75 Å². The van der Waals surface area contributed by atoms with Gasteiger partial charge in [-0.05, 0) is 31.0 Å². The third-order valence-electron chi connectivity index (χ3n) is 2.83. The number of aryl methyl sites for hydroxylation is 1. The van der Waals surface area contributed by atoms with Crippen LogP contribution in [0.25, 0.3) is 11.4 Å². The summed E-state index contributed by atoms with van der Waals surface area (Å²) in [7, 11) is 0. The second-order valence-corrected chi connectivity index (χ2v) is 4.44. The van der Waals surface area contributed by atoms with E-state index in [0.29, 0.717) is 24.2 Å². The summed E-state index contributed by atoms with van der Waals surface area (Å²) >= 11 is 0. The zero-order valence-electron chi connectivity index (χ0n) is 10.3. The average Bonchev–Trinajstić information content (AvgIpc) is 2.84. The maximum absolute atomic E-state index is 9.39. The number of aromatic nitrogens is 2. The molecular formula is C13H17N3O2. The van der Waals surface area contributed by atoms with Crippen molar-refractivity contribution in [1.82, 2.24) is 10.1 Å². The molecule has 1 heterocycles. The summed E-state index contributed by atoms with van der Waals surface area (Å²) in [5.41, 5.74) is 6.30. The van der Waals surface area contributed by atoms with E-state index in [4.69, 9.17) is 10.3 Å². The van der Waals surface area contributed by atoms with E-state index in [1.54, 1.807) is 18.2 Å². The van der Waals surface area contributed by atoms with Crippen LogP contribution in [0.15, 0.2) is 28.8 Å². The molecule has 0 bridgehead atoms. The molecule has 0 spiro atoms. The molecule has 0 amide bonds. The van der Waals surface area contributed by atoms with Gasteiger partial charge in [-0.25, -0.2) is 0 Å². The molecule has 0 aliphatic heterocycles. The Morgan fingerprint density at radius 2 is 2.28 bits per heavy atom. The highest BCUT2D eigenvalue weighted by molar-refractivity contribution is 5.56. The van der Waals surface area contributed by atoms with Gasteiger partial charge in [0.25, 0.3) is 0 Å². The Balaban J connectivity index is 2.06. The first-order chi connectivity index (χ1) is 8.69. The summed E-state index contributed by atoms with van der Waals surface area (Å²) in [6, 6.07) is 6.79. The van der Waals surface area contributed by atoms with Gasteiger partial charge in [-0.15, -0.1) is 0 Å². The number of hydrogen-bond donors (Lipinski definition) is 2. The topological polar surface area (TPSA) is 85.2 Å². The van der Waals surface area contributed by atoms with Gasteiger partial charge >= 0.3 is 0 Å². The third kappa shape index (κ3) is 3.07. The Labute approximate surface area is 106 Å². The molecule has 0 saturated carbocycles. The van der Waals surface area contributed by atoms with Crippen LogP contribution >= 0.6 is 0 Å². The molecule has 0 aliphatic carbocycles. The van der Waals surface area contributed by atoms with E-state index in [1.165, 1.54) is 0 Å². The van der Waals surface area contributed by atoms with Gasteiger partial charge in [0.1, 0.15) is 5.75 Å². The summed E-state index contributed by atoms with van der Waals surface area (Å²) in [4.78, 5) is 4.30. The van der Waals surface area contributed by atoms with Gasteiger partial charge in [0.05, 0.1) is 0 Å². The van der Waals surface area contributed by atoms with Crippen molar-refractivity contribution in [2.45, 2.75) is 19.8 Å². The van der Waals surface area contributed by atoms with Crippen molar-refractivity contribution in [1.29, 1.82) is 0 Å². The van der Waals surface area contributed by atoms with Crippen LogP contribution in [0.2, 0.25) is 0 Å². The van der Waals surface area contributed by atoms with Crippen LogP contribution in [0.1, 0.15) is 19.2 Å². The van der Waals surface area contributed by atoms with Crippen LogP contribution in [0, 0.1) is 5.92 Å². The Morgan fingerprint density at radius 3 is 3.00 bits per heavy atom. The van der Waals surface area contributed by atoms with Crippen molar-refractivity contribution >= 4 is 0 Å². The van der Waals surface area contributed by atoms with Crippen LogP contribution in [0.4, 0.5) is 0 Å². The lowest BCUT2D eigenvalue weighted by atomic mass is 10.1. The van der Waals surface area contributed by atoms with Crippen LogP contribution in [-0.2, 0) is 6.42 Å². The normalized spacial score (nSPS) is 12.6. The first-order valence-electron chi connectivity index (χ1n) is 6.01. The summed E-state index contributed by atoms with van der Waals surface area (Å²) in [6.45, 7) is 2.75. The van der Waals surface area contributed by atoms with Gasteiger partial charge in [0.2, 0.25) is 11.7 Å². The molecule has 3 N–H and O–H groups in total. The molecule has 1 aromatic carbocycles. The van der Waals surface area contributed by atoms with Crippen molar-refractivity contribution in [2.75, 3.05) is 6.54 Å². The highest BCUT2D eigenvalue weighted by Gasteiger charge is 2.10. The molecule has 1 aromatic heterocycles. The number of benzene rings is 1. The third-order valence-corrected chi connectivity index (χ3v) is 2.83. The SMILES string of the molecule is CC(CN)CCc1nc(-c2cccc(O)c2)no1. The maximum Gasteiger partial charge on any atom is 0.226 e. The molecule has 5 nitrogen and oxygen atoms in total. The van der Waals surface area contributed by atoms with E-state index in [1.807, 2.05) is 6.07 Å². The molecule has 5 heteroatoms. The first kappa shape index (κ1) is 12.6. The van der Waals surface area contributed by atoms with Gasteiger partial charge in [-0.2, -0.15) is 4.98 Å². The van der Waals surface area contributed by atoms with Crippen LogP contribution in [-0.4, -0.2) is 21.8 Å². The monoisotopic (exact) mass is 247 g/mol. The summed E-state index contributed by atoms with van der Waals surface area (Å²) < 4.78 is 5.17. The number of aromatic hydroxyl groups is 1. The molecule has 0 saturated heterocycles. The minimum absolute atomic E-state index is 0.190. The molecule has 18 heavy (non-hydrogen) atoms. The van der Waals surface area contributed by atoms with E-state index in [2.05, 4.69) is 17.1 Å². The molecule has 0 radical (unpaired) electrons. The lowest BCUT2D eigenvalue weighted by Crippen LogP contribution is -2.11. The standard InChI is InChI=1S/C13H17N3O2/c1-9(8-14)5-6-12-15-13(16-18-12)10-3-2-4-11(17)7-10/h2-4,7,9,17H,5-6,8,14H2,1H3. The predicted octanol–water partition coefficient (Wildman–Crippen LogP) is 1.97. The summed E-state index contributed by atoms with van der Waals surface area (Å²) in [5.74, 6) is 1.74. The van der Waals surface area contributed by atoms with Crippen molar-refractivity contribution < 1.29 is 9.63 Å². The van der Waals surface area contributed by atoms with Crippen LogP contribution in [0.3, 0.4) is 0 Å². The molecule has 96 valence electrons. The van der Waals surface area contributed by atoms with Gasteiger partial charge < -0.3 is 15.4 Å². The van der Waals surface area contributed by atoms with Gasteiger partial charge in [-0.3, -0.25) is 0 Å². The lowest BCUT2D eigenvalue weighted by molar-refractivity contribution is 0.366. The fourth-order valence-corrected chi connectivity index (χ4v) is 1.61. The highest BCUT2D eigenvalue weighted by atomic mass is 16.5. The first-order valence-corrected chi connectivity index (χ1v) is 6.01. The van der Waals surface area contributed by atoms with Crippen molar-refractivity contribution in [3.63, 3.8) is 0 Å². The summed E-state index contributed by atoms with van der Waals surface area (Å²) in [5, 5.41) is 13.3. The molecule has 0 aliphatic rings. The Kier molecular flexibility index (Phi) is 3.94. The second kappa shape index (κ2) is 5.64. The second-order valence-electron chi connectivity index (χ2n) is 4.44. The minimum Gasteiger partial charge on any atom is -0.508 e. The Hall–Kier alpha value is -1.88. The van der Waals surface area contributed by atoms with Crippen LogP contribution < -0.4 is 5.73 Å². The van der Waals surface area contributed by atoms with Gasteiger partial charge in [0, 0.05) is 12.0 Å². The minimum atomic E-state index is 0.190. The number of nitrogens with zero attached hydrogens (tertiary/aromatic N) is 2. The van der Waals surface area contributed by atoms with Crippen molar-refractivity contribution in [3.05, 3.63) is 30.2 Å². The zero-order chi connectivity index (χ0) is 13.0. The maximum atomic E-state index is 9.39. The fourth-order valence-electron chi connectivity index (χ4n) is 1.61. The van der Waals surface area contributed by atoms with E-state index in [0.717, 1.165) is 18.4 Å². The highest BCUT2D eigenvalue weighted by Crippen LogP contribution is 2.20. The van der Waals surface area contributed by atoms with E-state index >= 15 is 0 Å². The van der Waals surface area contributed by atoms with E-state index in [9.17, 15) is 5.11 Å². The van der Waals surface area contributed by atoms with E-state index in [-0.39, 0.29) is 5.75 Å². The van der Waals surface area contributed by atoms with Crippen molar-refractivity contribution in [2.24, 2.45) is 11.7 Å². The lowest BCUT2D eigenvalue weighted by Gasteiger charge is -2.03.